The van der Waals surface area contributed by atoms with Crippen molar-refractivity contribution in [1.29, 1.82) is 0 Å². The minimum atomic E-state index is -0.809. The van der Waals surface area contributed by atoms with Gasteiger partial charge in [0.15, 0.2) is 0 Å². The second-order valence-electron chi connectivity index (χ2n) is 5.59. The van der Waals surface area contributed by atoms with Gasteiger partial charge in [-0.05, 0) is 50.0 Å². The number of ether oxygens (including phenoxy) is 1. The van der Waals surface area contributed by atoms with Gasteiger partial charge < -0.3 is 15.6 Å². The summed E-state index contributed by atoms with van der Waals surface area (Å²) in [5.41, 5.74) is 8.20. The van der Waals surface area contributed by atoms with Gasteiger partial charge in [-0.2, -0.15) is 0 Å². The predicted octanol–water partition coefficient (Wildman–Crippen LogP) is 2.16. The maximum absolute atomic E-state index is 10.7. The zero-order chi connectivity index (χ0) is 15.2. The van der Waals surface area contributed by atoms with E-state index in [-0.39, 0.29) is 12.5 Å². The van der Waals surface area contributed by atoms with Crippen LogP contribution in [0, 0.1) is 0 Å². The van der Waals surface area contributed by atoms with E-state index in [1.165, 1.54) is 12.8 Å². The predicted molar refractivity (Wildman–Crippen MR) is 81.3 cm³/mol. The molecule has 0 radical (unpaired) electrons. The number of nitrogens with two attached hydrogens (primary N) is 1. The summed E-state index contributed by atoms with van der Waals surface area (Å²) in [5.74, 6) is 0.0623. The first-order valence-corrected chi connectivity index (χ1v) is 7.46. The van der Waals surface area contributed by atoms with Gasteiger partial charge in [0.1, 0.15) is 5.75 Å². The van der Waals surface area contributed by atoms with E-state index in [0.717, 1.165) is 36.5 Å². The van der Waals surface area contributed by atoms with Gasteiger partial charge in [0, 0.05) is 24.6 Å². The zero-order valence-electron chi connectivity index (χ0n) is 12.5. The number of carboxylic acids is 1. The summed E-state index contributed by atoms with van der Waals surface area (Å²) >= 11 is 0. The molecule has 0 bridgehead atoms. The second-order valence-corrected chi connectivity index (χ2v) is 5.59. The average Bonchev–Trinajstić information content (AvgIpc) is 2.97. The fourth-order valence-corrected chi connectivity index (χ4v) is 2.78. The first-order valence-electron chi connectivity index (χ1n) is 7.46. The Hall–Kier alpha value is -1.59. The molecule has 0 saturated carbocycles. The number of carbonyl (C=O) groups is 1. The van der Waals surface area contributed by atoms with Crippen molar-refractivity contribution >= 4 is 5.97 Å². The summed E-state index contributed by atoms with van der Waals surface area (Å²) in [6, 6.07) is 5.67. The highest BCUT2D eigenvalue weighted by Gasteiger charge is 2.16. The molecule has 0 aromatic heterocycles. The SMILES string of the molecule is COc1ccc(C(N)CCC(=O)O)cc1CN1CCCC1. The van der Waals surface area contributed by atoms with Crippen molar-refractivity contribution in [2.45, 2.75) is 38.3 Å². The van der Waals surface area contributed by atoms with Gasteiger partial charge in [0.2, 0.25) is 0 Å². The Morgan fingerprint density at radius 1 is 1.43 bits per heavy atom. The lowest BCUT2D eigenvalue weighted by molar-refractivity contribution is -0.137. The van der Waals surface area contributed by atoms with Gasteiger partial charge in [-0.3, -0.25) is 9.69 Å². The fraction of sp³-hybridized carbons (Fsp3) is 0.562. The average molecular weight is 292 g/mol. The standard InChI is InChI=1S/C16H24N2O3/c1-21-15-6-4-12(14(17)5-7-16(19)20)10-13(15)11-18-8-2-3-9-18/h4,6,10,14H,2-3,5,7-9,11,17H2,1H3,(H,19,20). The Kier molecular flexibility index (Phi) is 5.59. The largest absolute Gasteiger partial charge is 0.496 e. The molecule has 116 valence electrons. The van der Waals surface area contributed by atoms with Crippen molar-refractivity contribution in [2.24, 2.45) is 5.73 Å². The Morgan fingerprint density at radius 3 is 2.76 bits per heavy atom. The Bertz CT molecular complexity index is 484. The molecule has 3 N–H and O–H groups in total. The first kappa shape index (κ1) is 15.8. The molecule has 5 nitrogen and oxygen atoms in total. The molecule has 0 spiro atoms. The maximum Gasteiger partial charge on any atom is 0.303 e. The molecule has 1 aliphatic heterocycles. The van der Waals surface area contributed by atoms with E-state index in [1.807, 2.05) is 12.1 Å². The molecule has 1 heterocycles. The molecule has 5 heteroatoms. The van der Waals surface area contributed by atoms with Gasteiger partial charge in [0.05, 0.1) is 7.11 Å². The van der Waals surface area contributed by atoms with E-state index in [9.17, 15) is 4.79 Å². The van der Waals surface area contributed by atoms with Crippen molar-refractivity contribution in [3.8, 4) is 5.75 Å². The minimum Gasteiger partial charge on any atom is -0.496 e. The molecule has 1 unspecified atom stereocenters. The first-order chi connectivity index (χ1) is 10.1. The van der Waals surface area contributed by atoms with Crippen LogP contribution < -0.4 is 10.5 Å². The molecule has 2 rings (SSSR count). The highest BCUT2D eigenvalue weighted by molar-refractivity contribution is 5.66. The summed E-state index contributed by atoms with van der Waals surface area (Å²) in [6.45, 7) is 3.11. The summed E-state index contributed by atoms with van der Waals surface area (Å²) in [6.07, 6.45) is 3.04. The summed E-state index contributed by atoms with van der Waals surface area (Å²) < 4.78 is 5.43. The van der Waals surface area contributed by atoms with Crippen LogP contribution in [-0.2, 0) is 11.3 Å². The van der Waals surface area contributed by atoms with Crippen molar-refractivity contribution in [2.75, 3.05) is 20.2 Å². The molecule has 21 heavy (non-hydrogen) atoms. The van der Waals surface area contributed by atoms with Crippen LogP contribution in [0.5, 0.6) is 5.75 Å². The van der Waals surface area contributed by atoms with Crippen LogP contribution in [0.2, 0.25) is 0 Å². The van der Waals surface area contributed by atoms with E-state index < -0.39 is 5.97 Å². The number of hydrogen-bond acceptors (Lipinski definition) is 4. The van der Waals surface area contributed by atoms with Crippen molar-refractivity contribution < 1.29 is 14.6 Å². The molecule has 1 fully saturated rings. The number of carboxylic acid groups (broad SMARTS) is 1. The molecule has 0 aliphatic carbocycles. The van der Waals surface area contributed by atoms with Crippen molar-refractivity contribution in [1.82, 2.24) is 4.90 Å². The molecular formula is C16H24N2O3. The molecule has 1 aromatic carbocycles. The maximum atomic E-state index is 10.7. The molecule has 1 aromatic rings. The smallest absolute Gasteiger partial charge is 0.303 e. The van der Waals surface area contributed by atoms with E-state index in [1.54, 1.807) is 7.11 Å². The third kappa shape index (κ3) is 4.44. The van der Waals surface area contributed by atoms with Gasteiger partial charge >= 0.3 is 5.97 Å². The molecular weight excluding hydrogens is 268 g/mol. The van der Waals surface area contributed by atoms with E-state index >= 15 is 0 Å². The van der Waals surface area contributed by atoms with Crippen LogP contribution in [-0.4, -0.2) is 36.2 Å². The number of nitrogens with zero attached hydrogens (tertiary/aromatic N) is 1. The van der Waals surface area contributed by atoms with Crippen LogP contribution in [0.15, 0.2) is 18.2 Å². The zero-order valence-corrected chi connectivity index (χ0v) is 12.5. The van der Waals surface area contributed by atoms with Crippen LogP contribution in [0.4, 0.5) is 0 Å². The highest BCUT2D eigenvalue weighted by atomic mass is 16.5. The lowest BCUT2D eigenvalue weighted by Gasteiger charge is -2.19. The van der Waals surface area contributed by atoms with E-state index in [0.29, 0.717) is 6.42 Å². The fourth-order valence-electron chi connectivity index (χ4n) is 2.78. The Morgan fingerprint density at radius 2 is 2.14 bits per heavy atom. The number of hydrogen-bond donors (Lipinski definition) is 2. The number of rotatable bonds is 7. The molecule has 1 saturated heterocycles. The van der Waals surface area contributed by atoms with Crippen LogP contribution >= 0.6 is 0 Å². The number of aliphatic carboxylic acids is 1. The minimum absolute atomic E-state index is 0.0919. The normalized spacial score (nSPS) is 16.9. The quantitative estimate of drug-likeness (QED) is 0.805. The van der Waals surface area contributed by atoms with Gasteiger partial charge in [0.25, 0.3) is 0 Å². The molecule has 0 amide bonds. The highest BCUT2D eigenvalue weighted by Crippen LogP contribution is 2.26. The summed E-state index contributed by atoms with van der Waals surface area (Å²) in [7, 11) is 1.67. The van der Waals surface area contributed by atoms with Crippen LogP contribution in [0.25, 0.3) is 0 Å². The Balaban J connectivity index is 2.10. The Labute approximate surface area is 125 Å². The topological polar surface area (TPSA) is 75.8 Å². The van der Waals surface area contributed by atoms with Crippen LogP contribution in [0.1, 0.15) is 42.9 Å². The number of likely N-dealkylation sites (tertiary alicyclic amines) is 1. The summed E-state index contributed by atoms with van der Waals surface area (Å²) in [4.78, 5) is 13.1. The van der Waals surface area contributed by atoms with Crippen molar-refractivity contribution in [3.63, 3.8) is 0 Å². The van der Waals surface area contributed by atoms with E-state index in [2.05, 4.69) is 11.0 Å². The van der Waals surface area contributed by atoms with Gasteiger partial charge in [-0.25, -0.2) is 0 Å². The number of benzene rings is 1. The molecule has 1 aliphatic rings. The van der Waals surface area contributed by atoms with E-state index in [4.69, 9.17) is 15.6 Å². The number of methoxy groups -OCH3 is 1. The van der Waals surface area contributed by atoms with Crippen molar-refractivity contribution in [3.05, 3.63) is 29.3 Å². The van der Waals surface area contributed by atoms with Gasteiger partial charge in [-0.15, -0.1) is 0 Å². The lowest BCUT2D eigenvalue weighted by Crippen LogP contribution is -2.19. The third-order valence-corrected chi connectivity index (χ3v) is 3.99. The third-order valence-electron chi connectivity index (χ3n) is 3.99. The second kappa shape index (κ2) is 7.43. The monoisotopic (exact) mass is 292 g/mol. The van der Waals surface area contributed by atoms with Gasteiger partial charge in [-0.1, -0.05) is 6.07 Å². The summed E-state index contributed by atoms with van der Waals surface area (Å²) in [5, 5.41) is 8.75. The lowest BCUT2D eigenvalue weighted by atomic mass is 10.00. The van der Waals surface area contributed by atoms with Crippen LogP contribution in [0.3, 0.4) is 0 Å². The molecule has 1 atom stereocenters.